The fourth-order valence-corrected chi connectivity index (χ4v) is 5.54. The molecule has 0 amide bonds. The minimum absolute atomic E-state index is 0.210. The maximum atomic E-state index is 15.1. The SMILES string of the molecule is CCCCc1ccc2c(F)c(C#Cc3ccc(CCC4CCC(CCCC)CC4)cc3)ccc2c1. The Morgan fingerprint density at radius 3 is 2.11 bits per heavy atom. The third-order valence-corrected chi connectivity index (χ3v) is 7.91. The molecule has 0 N–H and O–H groups in total. The molecule has 4 rings (SSSR count). The number of hydrogen-bond donors (Lipinski definition) is 0. The molecule has 0 aromatic heterocycles. The highest BCUT2D eigenvalue weighted by atomic mass is 19.1. The van der Waals surface area contributed by atoms with E-state index in [1.807, 2.05) is 18.2 Å². The van der Waals surface area contributed by atoms with Crippen LogP contribution >= 0.6 is 0 Å². The van der Waals surface area contributed by atoms with Crippen LogP contribution in [-0.4, -0.2) is 0 Å². The van der Waals surface area contributed by atoms with Gasteiger partial charge in [0.05, 0.1) is 5.56 Å². The Balaban J connectivity index is 1.32. The molecular formula is C34H41F. The van der Waals surface area contributed by atoms with Gasteiger partial charge in [-0.05, 0) is 72.2 Å². The Bertz CT molecular complexity index is 1140. The predicted octanol–water partition coefficient (Wildman–Crippen LogP) is 9.65. The molecule has 0 aliphatic heterocycles. The summed E-state index contributed by atoms with van der Waals surface area (Å²) >= 11 is 0. The molecule has 1 fully saturated rings. The van der Waals surface area contributed by atoms with Crippen LogP contribution in [0.15, 0.2) is 54.6 Å². The van der Waals surface area contributed by atoms with Gasteiger partial charge in [-0.2, -0.15) is 0 Å². The van der Waals surface area contributed by atoms with Crippen LogP contribution in [0.2, 0.25) is 0 Å². The van der Waals surface area contributed by atoms with Gasteiger partial charge in [0.25, 0.3) is 0 Å². The molecule has 0 nitrogen and oxygen atoms in total. The molecule has 0 radical (unpaired) electrons. The van der Waals surface area contributed by atoms with E-state index in [1.165, 1.54) is 68.9 Å². The fourth-order valence-electron chi connectivity index (χ4n) is 5.54. The van der Waals surface area contributed by atoms with Crippen molar-refractivity contribution in [1.82, 2.24) is 0 Å². The van der Waals surface area contributed by atoms with Gasteiger partial charge in [-0.15, -0.1) is 0 Å². The lowest BCUT2D eigenvalue weighted by Gasteiger charge is -2.28. The first-order chi connectivity index (χ1) is 17.2. The lowest BCUT2D eigenvalue weighted by atomic mass is 9.78. The number of fused-ring (bicyclic) bond motifs is 1. The van der Waals surface area contributed by atoms with Crippen LogP contribution < -0.4 is 0 Å². The van der Waals surface area contributed by atoms with Crippen molar-refractivity contribution < 1.29 is 4.39 Å². The number of hydrogen-bond acceptors (Lipinski definition) is 0. The summed E-state index contributed by atoms with van der Waals surface area (Å²) in [5.74, 6) is 7.91. The van der Waals surface area contributed by atoms with Crippen LogP contribution in [0.5, 0.6) is 0 Å². The molecular weight excluding hydrogens is 427 g/mol. The van der Waals surface area contributed by atoms with Crippen molar-refractivity contribution in [1.29, 1.82) is 0 Å². The molecule has 0 atom stereocenters. The van der Waals surface area contributed by atoms with Crippen LogP contribution in [0.4, 0.5) is 4.39 Å². The molecule has 0 saturated heterocycles. The molecule has 0 unspecified atom stereocenters. The zero-order chi connectivity index (χ0) is 24.5. The summed E-state index contributed by atoms with van der Waals surface area (Å²) in [6.45, 7) is 4.49. The van der Waals surface area contributed by atoms with Crippen molar-refractivity contribution in [2.24, 2.45) is 11.8 Å². The van der Waals surface area contributed by atoms with Gasteiger partial charge in [0.15, 0.2) is 0 Å². The smallest absolute Gasteiger partial charge is 0.146 e. The molecule has 3 aromatic carbocycles. The van der Waals surface area contributed by atoms with Gasteiger partial charge in [-0.25, -0.2) is 4.39 Å². The number of unbranched alkanes of at least 4 members (excludes halogenated alkanes) is 2. The van der Waals surface area contributed by atoms with Gasteiger partial charge < -0.3 is 0 Å². The summed E-state index contributed by atoms with van der Waals surface area (Å²) in [7, 11) is 0. The van der Waals surface area contributed by atoms with Gasteiger partial charge in [0.2, 0.25) is 0 Å². The Morgan fingerprint density at radius 2 is 1.40 bits per heavy atom. The van der Waals surface area contributed by atoms with E-state index >= 15 is 4.39 Å². The number of halogens is 1. The highest BCUT2D eigenvalue weighted by molar-refractivity contribution is 5.85. The summed E-state index contributed by atoms with van der Waals surface area (Å²) in [4.78, 5) is 0. The lowest BCUT2D eigenvalue weighted by molar-refractivity contribution is 0.250. The van der Waals surface area contributed by atoms with Crippen LogP contribution in [0, 0.1) is 29.5 Å². The standard InChI is InChI=1S/C34H41F/c1-3-5-7-26-9-11-27(12-10-26)13-14-28-15-17-29(18-16-28)19-21-31-22-23-32-25-30(8-6-4-2)20-24-33(32)34(31)35/h15-18,20,22-27H,3-14H2,1-2H3. The quantitative estimate of drug-likeness (QED) is 0.274. The summed E-state index contributed by atoms with van der Waals surface area (Å²) in [5.41, 5.74) is 4.08. The average molecular weight is 469 g/mol. The zero-order valence-corrected chi connectivity index (χ0v) is 21.7. The Kier molecular flexibility index (Phi) is 9.42. The van der Waals surface area contributed by atoms with E-state index in [2.05, 4.69) is 62.1 Å². The van der Waals surface area contributed by atoms with Crippen LogP contribution in [-0.2, 0) is 12.8 Å². The van der Waals surface area contributed by atoms with Crippen LogP contribution in [0.1, 0.15) is 100 Å². The van der Waals surface area contributed by atoms with Crippen molar-refractivity contribution in [2.45, 2.75) is 90.9 Å². The molecule has 1 heteroatoms. The second-order valence-electron chi connectivity index (χ2n) is 10.6. The van der Waals surface area contributed by atoms with Crippen molar-refractivity contribution in [2.75, 3.05) is 0 Å². The van der Waals surface area contributed by atoms with Crippen molar-refractivity contribution in [3.8, 4) is 11.8 Å². The van der Waals surface area contributed by atoms with E-state index in [4.69, 9.17) is 0 Å². The third kappa shape index (κ3) is 7.20. The summed E-state index contributed by atoms with van der Waals surface area (Å²) in [6.07, 6.45) is 15.7. The summed E-state index contributed by atoms with van der Waals surface area (Å²) in [6, 6.07) is 18.5. The molecule has 35 heavy (non-hydrogen) atoms. The van der Waals surface area contributed by atoms with E-state index in [1.54, 1.807) is 0 Å². The van der Waals surface area contributed by atoms with Crippen molar-refractivity contribution in [3.05, 3.63) is 82.7 Å². The Morgan fingerprint density at radius 1 is 0.714 bits per heavy atom. The Hall–Kier alpha value is -2.59. The van der Waals surface area contributed by atoms with Crippen LogP contribution in [0.3, 0.4) is 0 Å². The van der Waals surface area contributed by atoms with Gasteiger partial charge in [0.1, 0.15) is 5.82 Å². The number of benzene rings is 3. The van der Waals surface area contributed by atoms with E-state index in [0.717, 1.165) is 42.0 Å². The van der Waals surface area contributed by atoms with Gasteiger partial charge in [0, 0.05) is 10.9 Å². The minimum Gasteiger partial charge on any atom is -0.205 e. The largest absolute Gasteiger partial charge is 0.205 e. The van der Waals surface area contributed by atoms with Gasteiger partial charge in [-0.3, -0.25) is 0 Å². The topological polar surface area (TPSA) is 0 Å². The number of aryl methyl sites for hydroxylation is 2. The van der Waals surface area contributed by atoms with E-state index in [-0.39, 0.29) is 5.82 Å². The molecule has 184 valence electrons. The summed E-state index contributed by atoms with van der Waals surface area (Å²) in [5, 5.41) is 1.62. The van der Waals surface area contributed by atoms with Crippen molar-refractivity contribution in [3.63, 3.8) is 0 Å². The summed E-state index contributed by atoms with van der Waals surface area (Å²) < 4.78 is 15.1. The molecule has 1 saturated carbocycles. The molecule has 0 heterocycles. The monoisotopic (exact) mass is 468 g/mol. The van der Waals surface area contributed by atoms with E-state index in [9.17, 15) is 0 Å². The Labute approximate surface area is 212 Å². The minimum atomic E-state index is -0.210. The average Bonchev–Trinajstić information content (AvgIpc) is 2.90. The maximum Gasteiger partial charge on any atom is 0.146 e. The van der Waals surface area contributed by atoms with E-state index < -0.39 is 0 Å². The van der Waals surface area contributed by atoms with E-state index in [0.29, 0.717) is 10.9 Å². The normalized spacial score (nSPS) is 17.8. The maximum absolute atomic E-state index is 15.1. The highest BCUT2D eigenvalue weighted by Gasteiger charge is 2.20. The van der Waals surface area contributed by atoms with Gasteiger partial charge >= 0.3 is 0 Å². The second-order valence-corrected chi connectivity index (χ2v) is 10.6. The number of rotatable bonds is 9. The first-order valence-electron chi connectivity index (χ1n) is 14.0. The first-order valence-corrected chi connectivity index (χ1v) is 14.0. The van der Waals surface area contributed by atoms with Gasteiger partial charge in [-0.1, -0.05) is 113 Å². The highest BCUT2D eigenvalue weighted by Crippen LogP contribution is 2.34. The third-order valence-electron chi connectivity index (χ3n) is 7.91. The van der Waals surface area contributed by atoms with Crippen LogP contribution in [0.25, 0.3) is 10.8 Å². The molecule has 0 bridgehead atoms. The molecule has 0 spiro atoms. The molecule has 1 aliphatic rings. The molecule has 1 aliphatic carbocycles. The predicted molar refractivity (Wildman–Crippen MR) is 148 cm³/mol. The first kappa shape index (κ1) is 25.5. The molecule has 3 aromatic rings. The van der Waals surface area contributed by atoms with Crippen molar-refractivity contribution >= 4 is 10.8 Å². The second kappa shape index (κ2) is 12.9. The zero-order valence-electron chi connectivity index (χ0n) is 21.7. The fraction of sp³-hybridized carbons (Fsp3) is 0.471. The lowest BCUT2D eigenvalue weighted by Crippen LogP contribution is -2.15.